The number of imidazole rings is 1. The quantitative estimate of drug-likeness (QED) is 0.360. The molecule has 0 fully saturated rings. The summed E-state index contributed by atoms with van der Waals surface area (Å²) in [6.45, 7) is 0. The molecule has 152 valence electrons. The number of nitrogens with one attached hydrogen (secondary N) is 2. The number of nitrogens with zero attached hydrogens (tertiary/aromatic N) is 3. The molecule has 28 heavy (non-hydrogen) atoms. The monoisotopic (exact) mass is 437 g/mol. The number of aryl methyl sites for hydroxylation is 1. The minimum absolute atomic E-state index is 0.185. The van der Waals surface area contributed by atoms with E-state index in [4.69, 9.17) is 0 Å². The van der Waals surface area contributed by atoms with E-state index in [0.29, 0.717) is 29.2 Å². The highest BCUT2D eigenvalue weighted by Gasteiger charge is 2.65. The molecule has 0 aliphatic heterocycles. The number of rotatable bonds is 6. The summed E-state index contributed by atoms with van der Waals surface area (Å²) in [7, 11) is -6.16. The number of anilines is 2. The average Bonchev–Trinajstić information content (AvgIpc) is 3.01. The first-order valence-corrected chi connectivity index (χ1v) is 10.6. The molecule has 0 aliphatic rings. The van der Waals surface area contributed by atoms with Gasteiger partial charge < -0.3 is 9.88 Å². The highest BCUT2D eigenvalue weighted by atomic mass is 32.5. The molecule has 5 nitrogen and oxygen atoms in total. The summed E-state index contributed by atoms with van der Waals surface area (Å²) in [5.74, 6) is 0.333. The van der Waals surface area contributed by atoms with Gasteiger partial charge in [-0.2, -0.15) is 0 Å². The van der Waals surface area contributed by atoms with Crippen LogP contribution in [-0.2, 0) is 7.05 Å². The molecular weight excluding hydrogens is 421 g/mol. The van der Waals surface area contributed by atoms with Crippen LogP contribution in [0.3, 0.4) is 0 Å². The van der Waals surface area contributed by atoms with Gasteiger partial charge >= 0.3 is 10.2 Å². The van der Waals surface area contributed by atoms with E-state index in [1.54, 1.807) is 37.4 Å². The molecule has 2 aromatic heterocycles. The van der Waals surface area contributed by atoms with Crippen LogP contribution in [0.25, 0.3) is 11.3 Å². The molecule has 0 aliphatic carbocycles. The van der Waals surface area contributed by atoms with E-state index in [1.165, 1.54) is 11.9 Å². The molecule has 0 amide bonds. The third kappa shape index (κ3) is 4.75. The second kappa shape index (κ2) is 6.36. The first-order chi connectivity index (χ1) is 12.9. The lowest BCUT2D eigenvalue weighted by Crippen LogP contribution is -2.06. The Hall–Kier alpha value is -2.31. The summed E-state index contributed by atoms with van der Waals surface area (Å²) in [6.07, 6.45) is 4.92. The molecule has 3 aromatic rings. The van der Waals surface area contributed by atoms with Crippen LogP contribution in [0.4, 0.5) is 30.9 Å². The number of hydrogen-bond acceptors (Lipinski definition) is 5. The second-order valence-corrected chi connectivity index (χ2v) is 9.41. The minimum Gasteiger partial charge on any atom is -0.340 e. The zero-order valence-electron chi connectivity index (χ0n) is 14.7. The second-order valence-electron chi connectivity index (χ2n) is 5.92. The Labute approximate surface area is 162 Å². The van der Waals surface area contributed by atoms with Crippen molar-refractivity contribution >= 4 is 33.7 Å². The first kappa shape index (κ1) is 20.4. The lowest BCUT2D eigenvalue weighted by Gasteiger charge is -2.40. The highest BCUT2D eigenvalue weighted by molar-refractivity contribution is 8.45. The van der Waals surface area contributed by atoms with Crippen LogP contribution >= 0.6 is 22.2 Å². The van der Waals surface area contributed by atoms with Crippen molar-refractivity contribution < 1.29 is 19.4 Å². The maximum atomic E-state index is 12.9. The topological polar surface area (TPSA) is 54.8 Å². The van der Waals surface area contributed by atoms with E-state index in [1.807, 2.05) is 6.07 Å². The van der Waals surface area contributed by atoms with Crippen molar-refractivity contribution in [3.63, 3.8) is 0 Å². The predicted octanol–water partition coefficient (Wildman–Crippen LogP) is 6.11. The number of halogens is 5. The van der Waals surface area contributed by atoms with Crippen LogP contribution in [0.5, 0.6) is 0 Å². The van der Waals surface area contributed by atoms with Gasteiger partial charge in [0.2, 0.25) is 0 Å². The van der Waals surface area contributed by atoms with E-state index >= 15 is 0 Å². The molecule has 0 saturated heterocycles. The van der Waals surface area contributed by atoms with Gasteiger partial charge in [-0.15, -0.1) is 0 Å². The predicted molar refractivity (Wildman–Crippen MR) is 102 cm³/mol. The smallest absolute Gasteiger partial charge is 0.310 e. The van der Waals surface area contributed by atoms with Crippen LogP contribution in [0, 0.1) is 0 Å². The van der Waals surface area contributed by atoms with Gasteiger partial charge in [0.1, 0.15) is 10.7 Å². The fraction of sp³-hybridized carbons (Fsp3) is 0.125. The van der Waals surface area contributed by atoms with Gasteiger partial charge in [-0.25, -0.2) is 9.97 Å². The Balaban J connectivity index is 1.96. The summed E-state index contributed by atoms with van der Waals surface area (Å²) in [4.78, 5) is 7.41. The van der Waals surface area contributed by atoms with Gasteiger partial charge in [-0.3, -0.25) is 4.72 Å². The summed E-state index contributed by atoms with van der Waals surface area (Å²) in [6, 6.07) is 4.40. The Morgan fingerprint density at radius 3 is 2.25 bits per heavy atom. The molecule has 0 radical (unpaired) electrons. The van der Waals surface area contributed by atoms with E-state index in [9.17, 15) is 19.4 Å². The van der Waals surface area contributed by atoms with Crippen LogP contribution in [0.1, 0.15) is 0 Å². The van der Waals surface area contributed by atoms with Crippen molar-refractivity contribution in [1.29, 1.82) is 0 Å². The molecule has 2 heterocycles. The van der Waals surface area contributed by atoms with Gasteiger partial charge in [0, 0.05) is 35.6 Å². The maximum Gasteiger partial charge on any atom is 0.310 e. The third-order valence-corrected chi connectivity index (χ3v) is 5.45. The third-order valence-electron chi connectivity index (χ3n) is 3.63. The van der Waals surface area contributed by atoms with Crippen molar-refractivity contribution in [2.24, 2.45) is 7.05 Å². The lowest BCUT2D eigenvalue weighted by molar-refractivity contribution is 0.364. The van der Waals surface area contributed by atoms with Gasteiger partial charge in [-0.05, 0) is 49.3 Å². The number of pyridine rings is 1. The number of benzene rings is 1. The normalized spacial score (nSPS) is 14.4. The van der Waals surface area contributed by atoms with Crippen molar-refractivity contribution in [2.75, 3.05) is 12.4 Å². The van der Waals surface area contributed by atoms with Crippen LogP contribution in [0.15, 0.2) is 58.8 Å². The zero-order valence-corrected chi connectivity index (χ0v) is 16.3. The molecule has 0 bridgehead atoms. The maximum absolute atomic E-state index is 12.9. The molecule has 0 saturated carbocycles. The zero-order chi connectivity index (χ0) is 20.6. The number of aromatic nitrogens is 3. The largest absolute Gasteiger partial charge is 0.340 e. The minimum atomic E-state index is -9.70. The number of hydrogen-bond donors (Lipinski definition) is 2. The molecule has 0 spiro atoms. The van der Waals surface area contributed by atoms with Crippen molar-refractivity contribution in [3.8, 4) is 11.3 Å². The van der Waals surface area contributed by atoms with Gasteiger partial charge in [-0.1, -0.05) is 19.4 Å². The highest BCUT2D eigenvalue weighted by Crippen LogP contribution is 3.02. The Morgan fingerprint density at radius 1 is 1.04 bits per heavy atom. The summed E-state index contributed by atoms with van der Waals surface area (Å²) < 4.78 is 69.0. The van der Waals surface area contributed by atoms with Crippen molar-refractivity contribution in [1.82, 2.24) is 19.3 Å². The van der Waals surface area contributed by atoms with Crippen molar-refractivity contribution in [3.05, 3.63) is 49.1 Å². The Bertz CT molecular complexity index is 1000. The summed E-state index contributed by atoms with van der Waals surface area (Å²) in [5.41, 5.74) is 1.39. The first-order valence-electron chi connectivity index (χ1n) is 7.79. The molecule has 1 aromatic carbocycles. The Morgan fingerprint density at radius 2 is 1.71 bits per heavy atom. The van der Waals surface area contributed by atoms with Gasteiger partial charge in [0.15, 0.2) is 0 Å². The van der Waals surface area contributed by atoms with Crippen LogP contribution < -0.4 is 10.0 Å². The summed E-state index contributed by atoms with van der Waals surface area (Å²) in [5, 5.41) is 2.86. The van der Waals surface area contributed by atoms with E-state index in [2.05, 4.69) is 20.0 Å². The molecular formula is C16H16F5N5S2. The standard InChI is InChI=1S/C16H16F5N5S2/c1-22-27-12-7-14(15-9-26(2)10-24-15)16(23-8-12)25-11-3-5-13(6-4-11)28(17,18,19,20)21/h3-10,22H,1-2H3,(H,23,25). The SMILES string of the molecule is CNSc1cnc(Nc2ccc(S(F)(F)(F)(F)F)cc2)c(-c2cn(C)cn2)c1. The van der Waals surface area contributed by atoms with Gasteiger partial charge in [0.25, 0.3) is 0 Å². The molecule has 0 atom stereocenters. The average molecular weight is 437 g/mol. The van der Waals surface area contributed by atoms with E-state index in [0.717, 1.165) is 17.0 Å². The van der Waals surface area contributed by atoms with E-state index < -0.39 is 15.1 Å². The van der Waals surface area contributed by atoms with Gasteiger partial charge in [0.05, 0.1) is 12.0 Å². The lowest BCUT2D eigenvalue weighted by atomic mass is 10.2. The van der Waals surface area contributed by atoms with Crippen molar-refractivity contribution in [2.45, 2.75) is 9.79 Å². The molecule has 3 rings (SSSR count). The van der Waals surface area contributed by atoms with Crippen LogP contribution in [-0.4, -0.2) is 21.6 Å². The molecule has 0 unspecified atom stereocenters. The summed E-state index contributed by atoms with van der Waals surface area (Å²) >= 11 is 1.33. The molecule has 2 N–H and O–H groups in total. The fourth-order valence-electron chi connectivity index (χ4n) is 2.40. The Kier molecular flexibility index (Phi) is 4.64. The van der Waals surface area contributed by atoms with Crippen LogP contribution in [0.2, 0.25) is 0 Å². The fourth-order valence-corrected chi connectivity index (χ4v) is 3.57. The van der Waals surface area contributed by atoms with E-state index in [-0.39, 0.29) is 5.69 Å². The molecule has 12 heteroatoms.